The van der Waals surface area contributed by atoms with E-state index in [1.165, 1.54) is 5.06 Å². The van der Waals surface area contributed by atoms with Crippen molar-refractivity contribution in [2.45, 2.75) is 18.9 Å². The first-order valence-electron chi connectivity index (χ1n) is 5.82. The van der Waals surface area contributed by atoms with Gasteiger partial charge in [-0.25, -0.2) is 4.79 Å². The molecule has 1 unspecified atom stereocenters. The molecule has 0 aliphatic carbocycles. The van der Waals surface area contributed by atoms with Crippen LogP contribution in [0.1, 0.15) is 23.2 Å². The fraction of sp³-hybridized carbons (Fsp3) is 0.417. The Morgan fingerprint density at radius 1 is 1.39 bits per heavy atom. The summed E-state index contributed by atoms with van der Waals surface area (Å²) in [6.07, 6.45) is 1.19. The van der Waals surface area contributed by atoms with Gasteiger partial charge in [-0.2, -0.15) is 0 Å². The molecule has 1 fully saturated rings. The molecule has 96 valence electrons. The number of nitro groups is 1. The highest BCUT2D eigenvalue weighted by Crippen LogP contribution is 2.14. The number of rotatable bonds is 3. The van der Waals surface area contributed by atoms with Gasteiger partial charge >= 0.3 is 5.97 Å². The predicted octanol–water partition coefficient (Wildman–Crippen LogP) is 1.50. The van der Waals surface area contributed by atoms with Crippen molar-refractivity contribution in [1.82, 2.24) is 5.06 Å². The lowest BCUT2D eigenvalue weighted by atomic mass is 10.1. The number of hydroxylamine groups is 2. The lowest BCUT2D eigenvalue weighted by Gasteiger charge is -2.26. The Labute approximate surface area is 104 Å². The maximum atomic E-state index is 11.8. The lowest BCUT2D eigenvalue weighted by molar-refractivity contribution is -0.530. The van der Waals surface area contributed by atoms with Crippen molar-refractivity contribution in [2.75, 3.05) is 13.1 Å². The molecule has 0 amide bonds. The van der Waals surface area contributed by atoms with E-state index in [4.69, 9.17) is 4.84 Å². The summed E-state index contributed by atoms with van der Waals surface area (Å²) in [5.41, 5.74) is 0.445. The molecule has 0 aromatic heterocycles. The highest BCUT2D eigenvalue weighted by molar-refractivity contribution is 5.89. The van der Waals surface area contributed by atoms with Gasteiger partial charge in [0.05, 0.1) is 5.56 Å². The minimum Gasteiger partial charge on any atom is -0.364 e. The third-order valence-corrected chi connectivity index (χ3v) is 2.88. The fourth-order valence-electron chi connectivity index (χ4n) is 1.92. The van der Waals surface area contributed by atoms with Crippen LogP contribution in [0.25, 0.3) is 0 Å². The Morgan fingerprint density at radius 3 is 2.78 bits per heavy atom. The lowest BCUT2D eigenvalue weighted by Crippen LogP contribution is -2.43. The van der Waals surface area contributed by atoms with Crippen LogP contribution in [0.3, 0.4) is 0 Å². The van der Waals surface area contributed by atoms with Crippen molar-refractivity contribution in [3.05, 3.63) is 46.0 Å². The summed E-state index contributed by atoms with van der Waals surface area (Å²) >= 11 is 0. The normalized spacial score (nSPS) is 20.3. The number of benzene rings is 1. The van der Waals surface area contributed by atoms with Crippen molar-refractivity contribution in [2.24, 2.45) is 0 Å². The van der Waals surface area contributed by atoms with Gasteiger partial charge in [0.25, 0.3) is 0 Å². The maximum Gasteiger partial charge on any atom is 0.357 e. The third-order valence-electron chi connectivity index (χ3n) is 2.88. The van der Waals surface area contributed by atoms with Gasteiger partial charge in [-0.1, -0.05) is 18.2 Å². The van der Waals surface area contributed by atoms with Gasteiger partial charge in [0, 0.05) is 17.9 Å². The van der Waals surface area contributed by atoms with E-state index in [0.29, 0.717) is 24.9 Å². The zero-order valence-corrected chi connectivity index (χ0v) is 9.82. The standard InChI is InChI=1S/C12H14N2O4/c15-12(10-5-2-1-3-6-10)18-13-8-4-7-11(9-13)14(16)17/h1-3,5-6,11H,4,7-9H2. The molecule has 1 saturated heterocycles. The van der Waals surface area contributed by atoms with E-state index in [2.05, 4.69) is 0 Å². The quantitative estimate of drug-likeness (QED) is 0.600. The number of hydrogen-bond acceptors (Lipinski definition) is 5. The second-order valence-electron chi connectivity index (χ2n) is 4.21. The van der Waals surface area contributed by atoms with Gasteiger partial charge in [-0.05, 0) is 18.6 Å². The molecule has 1 heterocycles. The molecule has 0 N–H and O–H groups in total. The molecule has 1 aromatic carbocycles. The van der Waals surface area contributed by atoms with E-state index in [0.717, 1.165) is 0 Å². The van der Waals surface area contributed by atoms with Crippen LogP contribution in [-0.2, 0) is 4.84 Å². The maximum absolute atomic E-state index is 11.8. The van der Waals surface area contributed by atoms with E-state index in [1.807, 2.05) is 0 Å². The van der Waals surface area contributed by atoms with Crippen LogP contribution in [0.2, 0.25) is 0 Å². The molecule has 0 radical (unpaired) electrons. The molecule has 6 heteroatoms. The van der Waals surface area contributed by atoms with E-state index >= 15 is 0 Å². The van der Waals surface area contributed by atoms with Gasteiger partial charge in [0.2, 0.25) is 6.04 Å². The highest BCUT2D eigenvalue weighted by Gasteiger charge is 2.30. The second kappa shape index (κ2) is 5.59. The van der Waals surface area contributed by atoms with E-state index in [-0.39, 0.29) is 11.5 Å². The largest absolute Gasteiger partial charge is 0.364 e. The predicted molar refractivity (Wildman–Crippen MR) is 63.4 cm³/mol. The highest BCUT2D eigenvalue weighted by atomic mass is 16.7. The molecule has 0 spiro atoms. The summed E-state index contributed by atoms with van der Waals surface area (Å²) < 4.78 is 0. The molecular weight excluding hydrogens is 236 g/mol. The molecule has 1 aliphatic rings. The molecule has 0 saturated carbocycles. The molecule has 18 heavy (non-hydrogen) atoms. The SMILES string of the molecule is O=C(ON1CCCC([N+](=O)[O-])C1)c1ccccc1. The van der Waals surface area contributed by atoms with Crippen LogP contribution in [0.4, 0.5) is 0 Å². The van der Waals surface area contributed by atoms with Gasteiger partial charge in [-0.15, -0.1) is 5.06 Å². The summed E-state index contributed by atoms with van der Waals surface area (Å²) in [6, 6.07) is 7.94. The van der Waals surface area contributed by atoms with E-state index in [1.54, 1.807) is 30.3 Å². The van der Waals surface area contributed by atoms with E-state index < -0.39 is 12.0 Å². The average Bonchev–Trinajstić information content (AvgIpc) is 2.40. The average molecular weight is 250 g/mol. The molecule has 1 aliphatic heterocycles. The number of nitrogens with zero attached hydrogens (tertiary/aromatic N) is 2. The van der Waals surface area contributed by atoms with Gasteiger partial charge in [0.1, 0.15) is 6.54 Å². The van der Waals surface area contributed by atoms with Crippen LogP contribution >= 0.6 is 0 Å². The number of piperidine rings is 1. The van der Waals surface area contributed by atoms with Crippen molar-refractivity contribution in [3.63, 3.8) is 0 Å². The number of carbonyl (C=O) groups is 1. The molecule has 1 aromatic rings. The Bertz CT molecular complexity index is 435. The van der Waals surface area contributed by atoms with Crippen LogP contribution in [-0.4, -0.2) is 35.1 Å². The molecular formula is C12H14N2O4. The van der Waals surface area contributed by atoms with Crippen LogP contribution < -0.4 is 0 Å². The summed E-state index contributed by atoms with van der Waals surface area (Å²) in [5.74, 6) is -0.473. The summed E-state index contributed by atoms with van der Waals surface area (Å²) in [4.78, 5) is 27.3. The van der Waals surface area contributed by atoms with Crippen molar-refractivity contribution in [3.8, 4) is 0 Å². The van der Waals surface area contributed by atoms with E-state index in [9.17, 15) is 14.9 Å². The van der Waals surface area contributed by atoms with Crippen LogP contribution in [0.15, 0.2) is 30.3 Å². The van der Waals surface area contributed by atoms with Gasteiger partial charge < -0.3 is 4.84 Å². The Hall–Kier alpha value is -1.95. The van der Waals surface area contributed by atoms with Gasteiger partial charge in [-0.3, -0.25) is 10.1 Å². The number of hydrogen-bond donors (Lipinski definition) is 0. The smallest absolute Gasteiger partial charge is 0.357 e. The van der Waals surface area contributed by atoms with Crippen molar-refractivity contribution in [1.29, 1.82) is 0 Å². The zero-order chi connectivity index (χ0) is 13.0. The number of carbonyl (C=O) groups excluding carboxylic acids is 1. The Balaban J connectivity index is 1.93. The van der Waals surface area contributed by atoms with Gasteiger partial charge in [0.15, 0.2) is 0 Å². The Kier molecular flexibility index (Phi) is 3.88. The topological polar surface area (TPSA) is 72.7 Å². The van der Waals surface area contributed by atoms with Crippen LogP contribution in [0.5, 0.6) is 0 Å². The molecule has 0 bridgehead atoms. The summed E-state index contributed by atoms with van der Waals surface area (Å²) in [6.45, 7) is 0.703. The third kappa shape index (κ3) is 3.04. The minimum absolute atomic E-state index is 0.158. The fourth-order valence-corrected chi connectivity index (χ4v) is 1.92. The minimum atomic E-state index is -0.651. The first-order chi connectivity index (χ1) is 8.66. The van der Waals surface area contributed by atoms with Crippen LogP contribution in [0, 0.1) is 10.1 Å². The summed E-state index contributed by atoms with van der Waals surface area (Å²) in [5, 5.41) is 12.1. The molecule has 1 atom stereocenters. The molecule has 6 nitrogen and oxygen atoms in total. The zero-order valence-electron chi connectivity index (χ0n) is 9.82. The first-order valence-corrected chi connectivity index (χ1v) is 5.82. The Morgan fingerprint density at radius 2 is 2.11 bits per heavy atom. The van der Waals surface area contributed by atoms with Crippen molar-refractivity contribution < 1.29 is 14.6 Å². The monoisotopic (exact) mass is 250 g/mol. The summed E-state index contributed by atoms with van der Waals surface area (Å²) in [7, 11) is 0. The second-order valence-corrected chi connectivity index (χ2v) is 4.21. The first kappa shape index (κ1) is 12.5. The molecule has 2 rings (SSSR count). The van der Waals surface area contributed by atoms with Crippen molar-refractivity contribution >= 4 is 5.97 Å².